The summed E-state index contributed by atoms with van der Waals surface area (Å²) in [7, 11) is 0. The van der Waals surface area contributed by atoms with Crippen LogP contribution in [-0.4, -0.2) is 23.4 Å². The molecule has 0 radical (unpaired) electrons. The summed E-state index contributed by atoms with van der Waals surface area (Å²) in [4.78, 5) is 22.6. The maximum Gasteiger partial charge on any atom is 0.306 e. The summed E-state index contributed by atoms with van der Waals surface area (Å²) in [6.07, 6.45) is 0.200. The second-order valence-corrected chi connectivity index (χ2v) is 3.86. The molecule has 1 aromatic carbocycles. The highest BCUT2D eigenvalue weighted by Gasteiger charge is 2.29. The van der Waals surface area contributed by atoms with E-state index in [9.17, 15) is 19.3 Å². The number of nitro groups is 1. The predicted octanol–water partition coefficient (Wildman–Crippen LogP) is 0.798. The van der Waals surface area contributed by atoms with Gasteiger partial charge in [0, 0.05) is 25.1 Å². The van der Waals surface area contributed by atoms with Crippen molar-refractivity contribution in [3.05, 3.63) is 34.1 Å². The Bertz CT molecular complexity index is 492. The number of nitro benzene ring substituents is 1. The first-order valence-corrected chi connectivity index (χ1v) is 4.99. The van der Waals surface area contributed by atoms with Gasteiger partial charge in [0.25, 0.3) is 0 Å². The lowest BCUT2D eigenvalue weighted by atomic mass is 10.2. The smallest absolute Gasteiger partial charge is 0.306 e. The van der Waals surface area contributed by atoms with Crippen LogP contribution < -0.4 is 10.6 Å². The summed E-state index contributed by atoms with van der Waals surface area (Å²) < 4.78 is 13.1. The van der Waals surface area contributed by atoms with Crippen LogP contribution in [-0.2, 0) is 4.79 Å². The summed E-state index contributed by atoms with van der Waals surface area (Å²) in [5.74, 6) is -1.13. The third kappa shape index (κ3) is 2.09. The molecular formula is C10H10FN3O3. The summed E-state index contributed by atoms with van der Waals surface area (Å²) in [5, 5.41) is 10.6. The van der Waals surface area contributed by atoms with E-state index in [4.69, 9.17) is 5.73 Å². The molecule has 7 heteroatoms. The van der Waals surface area contributed by atoms with Crippen LogP contribution in [0.15, 0.2) is 18.2 Å². The molecule has 1 amide bonds. The number of carbonyl (C=O) groups excluding carboxylic acids is 1. The zero-order chi connectivity index (χ0) is 12.6. The summed E-state index contributed by atoms with van der Waals surface area (Å²) >= 11 is 0. The van der Waals surface area contributed by atoms with Crippen molar-refractivity contribution in [2.45, 2.75) is 12.5 Å². The Morgan fingerprint density at radius 1 is 1.53 bits per heavy atom. The number of rotatable bonds is 2. The monoisotopic (exact) mass is 239 g/mol. The van der Waals surface area contributed by atoms with Crippen LogP contribution in [0.2, 0.25) is 0 Å². The van der Waals surface area contributed by atoms with Crippen molar-refractivity contribution in [2.24, 2.45) is 5.73 Å². The molecule has 17 heavy (non-hydrogen) atoms. The van der Waals surface area contributed by atoms with Gasteiger partial charge in [-0.3, -0.25) is 14.9 Å². The molecule has 0 spiro atoms. The molecule has 2 N–H and O–H groups in total. The Balaban J connectivity index is 2.37. The molecule has 1 aliphatic heterocycles. The fourth-order valence-corrected chi connectivity index (χ4v) is 1.79. The standard InChI is InChI=1S/C10H10FN3O3/c11-8-2-1-7(4-9(8)14(16)17)13-5-6(12)3-10(13)15/h1-2,4,6H,3,5,12H2. The normalized spacial score (nSPS) is 19.8. The van der Waals surface area contributed by atoms with Gasteiger partial charge < -0.3 is 10.6 Å². The topological polar surface area (TPSA) is 89.5 Å². The highest BCUT2D eigenvalue weighted by Crippen LogP contribution is 2.27. The van der Waals surface area contributed by atoms with E-state index >= 15 is 0 Å². The minimum Gasteiger partial charge on any atom is -0.326 e. The lowest BCUT2D eigenvalue weighted by Gasteiger charge is -2.15. The van der Waals surface area contributed by atoms with Crippen LogP contribution in [0.5, 0.6) is 0 Å². The highest BCUT2D eigenvalue weighted by molar-refractivity contribution is 5.96. The number of hydrogen-bond acceptors (Lipinski definition) is 4. The molecule has 6 nitrogen and oxygen atoms in total. The van der Waals surface area contributed by atoms with Gasteiger partial charge in [-0.2, -0.15) is 4.39 Å². The maximum absolute atomic E-state index is 13.1. The molecule has 0 aromatic heterocycles. The van der Waals surface area contributed by atoms with Gasteiger partial charge in [-0.25, -0.2) is 0 Å². The average molecular weight is 239 g/mol. The molecule has 1 aromatic rings. The number of nitrogens with zero attached hydrogens (tertiary/aromatic N) is 2. The largest absolute Gasteiger partial charge is 0.326 e. The Morgan fingerprint density at radius 3 is 2.76 bits per heavy atom. The summed E-state index contributed by atoms with van der Waals surface area (Å²) in [6.45, 7) is 0.293. The molecular weight excluding hydrogens is 229 g/mol. The van der Waals surface area contributed by atoms with E-state index in [0.717, 1.165) is 12.1 Å². The zero-order valence-electron chi connectivity index (χ0n) is 8.80. The number of carbonyl (C=O) groups is 1. The van der Waals surface area contributed by atoms with Crippen molar-refractivity contribution >= 4 is 17.3 Å². The minimum atomic E-state index is -0.922. The van der Waals surface area contributed by atoms with Crippen molar-refractivity contribution in [1.29, 1.82) is 0 Å². The second kappa shape index (κ2) is 4.10. The van der Waals surface area contributed by atoms with E-state index in [1.165, 1.54) is 11.0 Å². The summed E-state index contributed by atoms with van der Waals surface area (Å²) in [6, 6.07) is 3.07. The lowest BCUT2D eigenvalue weighted by Crippen LogP contribution is -2.28. The van der Waals surface area contributed by atoms with Crippen LogP contribution in [0.25, 0.3) is 0 Å². The number of halogens is 1. The van der Waals surface area contributed by atoms with E-state index in [0.29, 0.717) is 12.2 Å². The molecule has 0 saturated carbocycles. The van der Waals surface area contributed by atoms with Crippen LogP contribution in [0.3, 0.4) is 0 Å². The quantitative estimate of drug-likeness (QED) is 0.610. The second-order valence-electron chi connectivity index (χ2n) is 3.86. The van der Waals surface area contributed by atoms with Crippen molar-refractivity contribution in [3.63, 3.8) is 0 Å². The SMILES string of the molecule is NC1CC(=O)N(c2ccc(F)c([N+](=O)[O-])c2)C1. The lowest BCUT2D eigenvalue weighted by molar-refractivity contribution is -0.387. The minimum absolute atomic E-state index is 0.200. The highest BCUT2D eigenvalue weighted by atomic mass is 19.1. The van der Waals surface area contributed by atoms with E-state index in [-0.39, 0.29) is 18.4 Å². The fourth-order valence-electron chi connectivity index (χ4n) is 1.79. The molecule has 1 atom stereocenters. The molecule has 1 unspecified atom stereocenters. The zero-order valence-corrected chi connectivity index (χ0v) is 8.80. The fraction of sp³-hybridized carbons (Fsp3) is 0.300. The van der Waals surface area contributed by atoms with Gasteiger partial charge in [0.1, 0.15) is 0 Å². The Morgan fingerprint density at radius 2 is 2.24 bits per heavy atom. The van der Waals surface area contributed by atoms with Crippen molar-refractivity contribution < 1.29 is 14.1 Å². The number of benzene rings is 1. The van der Waals surface area contributed by atoms with Gasteiger partial charge in [-0.15, -0.1) is 0 Å². The average Bonchev–Trinajstić information content (AvgIpc) is 2.58. The van der Waals surface area contributed by atoms with Gasteiger partial charge in [0.2, 0.25) is 11.7 Å². The van der Waals surface area contributed by atoms with Crippen LogP contribution in [0.4, 0.5) is 15.8 Å². The molecule has 0 bridgehead atoms. The Hall–Kier alpha value is -2.02. The number of hydrogen-bond donors (Lipinski definition) is 1. The molecule has 1 fully saturated rings. The van der Waals surface area contributed by atoms with Crippen LogP contribution >= 0.6 is 0 Å². The molecule has 2 rings (SSSR count). The van der Waals surface area contributed by atoms with E-state index in [1.807, 2.05) is 0 Å². The number of anilines is 1. The maximum atomic E-state index is 13.1. The molecule has 90 valence electrons. The van der Waals surface area contributed by atoms with Crippen LogP contribution in [0.1, 0.15) is 6.42 Å². The van der Waals surface area contributed by atoms with Gasteiger partial charge >= 0.3 is 5.69 Å². The van der Waals surface area contributed by atoms with Crippen LogP contribution in [0, 0.1) is 15.9 Å². The van der Waals surface area contributed by atoms with Crippen molar-refractivity contribution in [3.8, 4) is 0 Å². The molecule has 1 saturated heterocycles. The first kappa shape index (κ1) is 11.5. The molecule has 1 heterocycles. The number of nitrogens with two attached hydrogens (primary N) is 1. The van der Waals surface area contributed by atoms with E-state index < -0.39 is 16.4 Å². The molecule has 1 aliphatic rings. The number of amides is 1. The molecule has 0 aliphatic carbocycles. The van der Waals surface area contributed by atoms with Gasteiger partial charge in [-0.05, 0) is 12.1 Å². The Kier molecular flexibility index (Phi) is 2.76. The van der Waals surface area contributed by atoms with E-state index in [1.54, 1.807) is 0 Å². The van der Waals surface area contributed by atoms with E-state index in [2.05, 4.69) is 0 Å². The Labute approximate surface area is 96.0 Å². The predicted molar refractivity (Wildman–Crippen MR) is 58.0 cm³/mol. The van der Waals surface area contributed by atoms with Gasteiger partial charge in [-0.1, -0.05) is 0 Å². The van der Waals surface area contributed by atoms with Crippen molar-refractivity contribution in [1.82, 2.24) is 0 Å². The van der Waals surface area contributed by atoms with Crippen molar-refractivity contribution in [2.75, 3.05) is 11.4 Å². The third-order valence-electron chi connectivity index (χ3n) is 2.59. The van der Waals surface area contributed by atoms with Gasteiger partial charge in [0.15, 0.2) is 0 Å². The first-order chi connectivity index (χ1) is 7.99. The summed E-state index contributed by atoms with van der Waals surface area (Å²) in [5.41, 5.74) is 5.27. The first-order valence-electron chi connectivity index (χ1n) is 4.99. The third-order valence-corrected chi connectivity index (χ3v) is 2.59. The van der Waals surface area contributed by atoms with Gasteiger partial charge in [0.05, 0.1) is 10.6 Å².